The lowest BCUT2D eigenvalue weighted by Crippen LogP contribution is -2.15. The van der Waals surface area contributed by atoms with E-state index in [1.807, 2.05) is 13.8 Å². The molecule has 110 valence electrons. The van der Waals surface area contributed by atoms with Crippen molar-refractivity contribution < 1.29 is 9.18 Å². The summed E-state index contributed by atoms with van der Waals surface area (Å²) in [6.45, 7) is 4.45. The maximum atomic E-state index is 13.3. The lowest BCUT2D eigenvalue weighted by atomic mass is 10.2. The monoisotopic (exact) mass is 307 g/mol. The highest BCUT2D eigenvalue weighted by Gasteiger charge is 2.13. The smallest absolute Gasteiger partial charge is 0.259 e. The number of pyridine rings is 1. The number of carbonyl (C=O) groups excluding carboxylic acids is 1. The SMILES string of the molecule is CCNc1cc(C)ncc1C(=O)Nc1cc(F)cc(Cl)c1. The van der Waals surface area contributed by atoms with Gasteiger partial charge in [0.25, 0.3) is 5.91 Å². The summed E-state index contributed by atoms with van der Waals surface area (Å²) in [4.78, 5) is 16.4. The molecule has 2 rings (SSSR count). The lowest BCUT2D eigenvalue weighted by Gasteiger charge is -2.11. The van der Waals surface area contributed by atoms with E-state index in [1.165, 1.54) is 24.4 Å². The second-order valence-corrected chi connectivity index (χ2v) is 4.95. The molecule has 0 aliphatic carbocycles. The van der Waals surface area contributed by atoms with Gasteiger partial charge in [-0.15, -0.1) is 0 Å². The van der Waals surface area contributed by atoms with Crippen LogP contribution in [0.4, 0.5) is 15.8 Å². The molecule has 0 spiro atoms. The maximum Gasteiger partial charge on any atom is 0.259 e. The van der Waals surface area contributed by atoms with E-state index in [9.17, 15) is 9.18 Å². The highest BCUT2D eigenvalue weighted by Crippen LogP contribution is 2.21. The molecule has 0 aliphatic rings. The number of anilines is 2. The van der Waals surface area contributed by atoms with Crippen molar-refractivity contribution >= 4 is 28.9 Å². The number of aromatic nitrogens is 1. The number of amides is 1. The molecule has 4 nitrogen and oxygen atoms in total. The van der Waals surface area contributed by atoms with Crippen LogP contribution in [0.5, 0.6) is 0 Å². The molecule has 0 aliphatic heterocycles. The van der Waals surface area contributed by atoms with E-state index < -0.39 is 5.82 Å². The van der Waals surface area contributed by atoms with Crippen LogP contribution in [-0.4, -0.2) is 17.4 Å². The van der Waals surface area contributed by atoms with Gasteiger partial charge in [0.15, 0.2) is 0 Å². The molecule has 2 aromatic rings. The number of nitrogens with zero attached hydrogens (tertiary/aromatic N) is 1. The molecule has 0 bridgehead atoms. The van der Waals surface area contributed by atoms with Gasteiger partial charge >= 0.3 is 0 Å². The third-order valence-electron chi connectivity index (χ3n) is 2.77. The van der Waals surface area contributed by atoms with Crippen molar-refractivity contribution in [1.82, 2.24) is 4.98 Å². The number of hydrogen-bond acceptors (Lipinski definition) is 3. The molecule has 0 radical (unpaired) electrons. The molecule has 6 heteroatoms. The van der Waals surface area contributed by atoms with Gasteiger partial charge in [-0.05, 0) is 38.1 Å². The Morgan fingerprint density at radius 3 is 2.76 bits per heavy atom. The van der Waals surface area contributed by atoms with Gasteiger partial charge in [0.05, 0.1) is 11.3 Å². The van der Waals surface area contributed by atoms with E-state index >= 15 is 0 Å². The molecule has 0 saturated carbocycles. The summed E-state index contributed by atoms with van der Waals surface area (Å²) >= 11 is 5.77. The molecule has 0 saturated heterocycles. The van der Waals surface area contributed by atoms with Gasteiger partial charge in [0.2, 0.25) is 0 Å². The minimum absolute atomic E-state index is 0.222. The number of aryl methyl sites for hydroxylation is 1. The molecular weight excluding hydrogens is 293 g/mol. The van der Waals surface area contributed by atoms with Crippen LogP contribution in [0.1, 0.15) is 23.0 Å². The minimum atomic E-state index is -0.508. The second-order valence-electron chi connectivity index (χ2n) is 4.51. The van der Waals surface area contributed by atoms with E-state index in [0.29, 0.717) is 23.5 Å². The normalized spacial score (nSPS) is 10.3. The van der Waals surface area contributed by atoms with Gasteiger partial charge in [-0.25, -0.2) is 4.39 Å². The van der Waals surface area contributed by atoms with E-state index in [1.54, 1.807) is 6.07 Å². The van der Waals surface area contributed by atoms with Crippen LogP contribution in [0.25, 0.3) is 0 Å². The first-order valence-electron chi connectivity index (χ1n) is 6.47. The number of benzene rings is 1. The average Bonchev–Trinajstić information content (AvgIpc) is 2.37. The summed E-state index contributed by atoms with van der Waals surface area (Å²) < 4.78 is 13.3. The van der Waals surface area contributed by atoms with Crippen molar-refractivity contribution in [3.63, 3.8) is 0 Å². The van der Waals surface area contributed by atoms with Crippen LogP contribution in [0.2, 0.25) is 5.02 Å². The summed E-state index contributed by atoms with van der Waals surface area (Å²) in [5.41, 5.74) is 2.18. The molecule has 21 heavy (non-hydrogen) atoms. The van der Waals surface area contributed by atoms with Crippen LogP contribution in [0.15, 0.2) is 30.5 Å². The predicted octanol–water partition coefficient (Wildman–Crippen LogP) is 3.87. The van der Waals surface area contributed by atoms with Crippen LogP contribution >= 0.6 is 11.6 Å². The fourth-order valence-electron chi connectivity index (χ4n) is 1.90. The first kappa shape index (κ1) is 15.3. The zero-order valence-electron chi connectivity index (χ0n) is 11.7. The third-order valence-corrected chi connectivity index (χ3v) is 2.99. The van der Waals surface area contributed by atoms with Gasteiger partial charge in [0.1, 0.15) is 5.82 Å². The van der Waals surface area contributed by atoms with E-state index in [-0.39, 0.29) is 10.9 Å². The molecule has 0 unspecified atom stereocenters. The molecule has 1 amide bonds. The van der Waals surface area contributed by atoms with Crippen molar-refractivity contribution in [2.75, 3.05) is 17.2 Å². The lowest BCUT2D eigenvalue weighted by molar-refractivity contribution is 0.102. The van der Waals surface area contributed by atoms with Crippen molar-refractivity contribution in [3.05, 3.63) is 52.6 Å². The fourth-order valence-corrected chi connectivity index (χ4v) is 2.12. The Labute approximate surface area is 127 Å². The summed E-state index contributed by atoms with van der Waals surface area (Å²) in [5.74, 6) is -0.883. The van der Waals surface area contributed by atoms with Crippen LogP contribution in [-0.2, 0) is 0 Å². The highest BCUT2D eigenvalue weighted by atomic mass is 35.5. The number of rotatable bonds is 4. The molecule has 1 aromatic carbocycles. The number of hydrogen-bond donors (Lipinski definition) is 2. The van der Waals surface area contributed by atoms with Gasteiger partial charge in [-0.3, -0.25) is 9.78 Å². The van der Waals surface area contributed by atoms with Gasteiger partial charge in [-0.2, -0.15) is 0 Å². The second kappa shape index (κ2) is 6.54. The predicted molar refractivity (Wildman–Crippen MR) is 82.5 cm³/mol. The number of carbonyl (C=O) groups is 1. The Morgan fingerprint density at radius 1 is 1.33 bits per heavy atom. The Kier molecular flexibility index (Phi) is 4.75. The van der Waals surface area contributed by atoms with Crippen LogP contribution in [0.3, 0.4) is 0 Å². The molecule has 1 aromatic heterocycles. The number of nitrogens with one attached hydrogen (secondary N) is 2. The fraction of sp³-hybridized carbons (Fsp3) is 0.200. The molecule has 1 heterocycles. The Bertz CT molecular complexity index is 656. The largest absolute Gasteiger partial charge is 0.385 e. The first-order chi connectivity index (χ1) is 9.99. The summed E-state index contributed by atoms with van der Waals surface area (Å²) in [6, 6.07) is 5.65. The molecule has 2 N–H and O–H groups in total. The first-order valence-corrected chi connectivity index (χ1v) is 6.85. The maximum absolute atomic E-state index is 13.3. The van der Waals surface area contributed by atoms with E-state index in [4.69, 9.17) is 11.6 Å². The minimum Gasteiger partial charge on any atom is -0.385 e. The molecular formula is C15H15ClFN3O. The third kappa shape index (κ3) is 3.92. The van der Waals surface area contributed by atoms with Gasteiger partial charge in [0, 0.05) is 29.1 Å². The van der Waals surface area contributed by atoms with Crippen molar-refractivity contribution in [2.24, 2.45) is 0 Å². The standard InChI is InChI=1S/C15H15ClFN3O/c1-3-18-14-4-9(2)19-8-13(14)15(21)20-12-6-10(16)5-11(17)7-12/h4-8H,3H2,1-2H3,(H,18,19)(H,20,21). The quantitative estimate of drug-likeness (QED) is 0.901. The Balaban J connectivity index is 2.27. The van der Waals surface area contributed by atoms with Gasteiger partial charge < -0.3 is 10.6 Å². The van der Waals surface area contributed by atoms with Crippen LogP contribution < -0.4 is 10.6 Å². The summed E-state index contributed by atoms with van der Waals surface area (Å²) in [7, 11) is 0. The Morgan fingerprint density at radius 2 is 2.10 bits per heavy atom. The molecule has 0 atom stereocenters. The highest BCUT2D eigenvalue weighted by molar-refractivity contribution is 6.31. The van der Waals surface area contributed by atoms with Crippen molar-refractivity contribution in [1.29, 1.82) is 0 Å². The van der Waals surface area contributed by atoms with Crippen molar-refractivity contribution in [3.8, 4) is 0 Å². The van der Waals surface area contributed by atoms with Crippen LogP contribution in [0, 0.1) is 12.7 Å². The Hall–Kier alpha value is -2.14. The zero-order chi connectivity index (χ0) is 15.4. The summed E-state index contributed by atoms with van der Waals surface area (Å²) in [5, 5.41) is 5.94. The summed E-state index contributed by atoms with van der Waals surface area (Å²) in [6.07, 6.45) is 1.49. The van der Waals surface area contributed by atoms with E-state index in [0.717, 1.165) is 5.69 Å². The molecule has 0 fully saturated rings. The average molecular weight is 308 g/mol. The van der Waals surface area contributed by atoms with E-state index in [2.05, 4.69) is 15.6 Å². The van der Waals surface area contributed by atoms with Crippen molar-refractivity contribution in [2.45, 2.75) is 13.8 Å². The van der Waals surface area contributed by atoms with Gasteiger partial charge in [-0.1, -0.05) is 11.6 Å². The zero-order valence-corrected chi connectivity index (χ0v) is 12.5. The number of halogens is 2. The topological polar surface area (TPSA) is 54.0 Å².